The summed E-state index contributed by atoms with van der Waals surface area (Å²) in [7, 11) is 0. The molecule has 0 aliphatic rings. The molecule has 3 heteroatoms. The zero-order chi connectivity index (χ0) is 19.9. The van der Waals surface area contributed by atoms with Crippen molar-refractivity contribution in [3.05, 3.63) is 101 Å². The second-order valence-electron chi connectivity index (χ2n) is 6.91. The summed E-state index contributed by atoms with van der Waals surface area (Å²) in [6.07, 6.45) is 1.68. The minimum absolute atomic E-state index is 0.502. The van der Waals surface area contributed by atoms with E-state index in [1.807, 2.05) is 93.6 Å². The molecule has 0 bridgehead atoms. The Bertz CT molecular complexity index is 1000. The molecule has 3 aromatic carbocycles. The average molecular weight is 371 g/mol. The highest BCUT2D eigenvalue weighted by Crippen LogP contribution is 2.20. The second-order valence-corrected chi connectivity index (χ2v) is 6.91. The molecule has 0 amide bonds. The monoisotopic (exact) mass is 371 g/mol. The van der Waals surface area contributed by atoms with Crippen LogP contribution in [0.1, 0.15) is 23.6 Å². The van der Waals surface area contributed by atoms with Crippen molar-refractivity contribution in [1.82, 2.24) is 0 Å². The van der Waals surface area contributed by atoms with Gasteiger partial charge in [-0.2, -0.15) is 0 Å². The Labute approximate surface area is 167 Å². The van der Waals surface area contributed by atoms with Crippen LogP contribution in [0.25, 0.3) is 0 Å². The maximum absolute atomic E-state index is 6.11. The number of aliphatic imine (C=N–C) groups is 1. The Morgan fingerprint density at radius 3 is 2.00 bits per heavy atom. The smallest absolute Gasteiger partial charge is 0.225 e. The molecule has 0 N–H and O–H groups in total. The molecule has 142 valence electrons. The van der Waals surface area contributed by atoms with E-state index in [0.29, 0.717) is 5.90 Å². The molecule has 3 nitrogen and oxygen atoms in total. The first-order valence-electron chi connectivity index (χ1n) is 9.30. The Hall–Kier alpha value is -3.33. The van der Waals surface area contributed by atoms with E-state index in [2.05, 4.69) is 6.92 Å². The van der Waals surface area contributed by atoms with E-state index in [9.17, 15) is 0 Å². The van der Waals surface area contributed by atoms with Gasteiger partial charge in [0.15, 0.2) is 0 Å². The molecule has 0 aliphatic heterocycles. The van der Waals surface area contributed by atoms with Gasteiger partial charge in [-0.05, 0) is 75.2 Å². The van der Waals surface area contributed by atoms with Gasteiger partial charge in [-0.25, -0.2) is 4.99 Å². The van der Waals surface area contributed by atoms with Crippen LogP contribution in [-0.4, -0.2) is 5.90 Å². The summed E-state index contributed by atoms with van der Waals surface area (Å²) in [5.41, 5.74) is 5.09. The third-order valence-corrected chi connectivity index (χ3v) is 4.17. The maximum atomic E-state index is 6.11. The molecule has 0 saturated heterocycles. The lowest BCUT2D eigenvalue weighted by Crippen LogP contribution is -2.11. The van der Waals surface area contributed by atoms with Crippen molar-refractivity contribution in [3.8, 4) is 11.5 Å². The van der Waals surface area contributed by atoms with Crippen molar-refractivity contribution in [2.45, 2.75) is 27.7 Å². The van der Waals surface area contributed by atoms with Crippen molar-refractivity contribution in [1.29, 1.82) is 0 Å². The number of hydrogen-bond donors (Lipinski definition) is 0. The van der Waals surface area contributed by atoms with Crippen LogP contribution in [0, 0.1) is 20.8 Å². The van der Waals surface area contributed by atoms with Crippen LogP contribution in [-0.2, 0) is 0 Å². The summed E-state index contributed by atoms with van der Waals surface area (Å²) in [6.45, 7) is 8.05. The van der Waals surface area contributed by atoms with Crippen LogP contribution < -0.4 is 9.47 Å². The topological polar surface area (TPSA) is 30.8 Å². The van der Waals surface area contributed by atoms with E-state index >= 15 is 0 Å². The Morgan fingerprint density at radius 2 is 1.36 bits per heavy atom. The molecule has 0 saturated carbocycles. The van der Waals surface area contributed by atoms with Gasteiger partial charge < -0.3 is 9.47 Å². The number of rotatable bonds is 5. The van der Waals surface area contributed by atoms with Crippen LogP contribution in [0.4, 0.5) is 5.69 Å². The van der Waals surface area contributed by atoms with Crippen LogP contribution in [0.5, 0.6) is 11.5 Å². The molecule has 0 aliphatic carbocycles. The molecule has 0 atom stereocenters. The summed E-state index contributed by atoms with van der Waals surface area (Å²) in [6, 6.07) is 23.9. The van der Waals surface area contributed by atoms with Crippen LogP contribution in [0.2, 0.25) is 0 Å². The fraction of sp³-hybridized carbons (Fsp3) is 0.160. The molecular weight excluding hydrogens is 346 g/mol. The summed E-state index contributed by atoms with van der Waals surface area (Å²) in [5, 5.41) is 0. The van der Waals surface area contributed by atoms with Gasteiger partial charge in [0.2, 0.25) is 5.90 Å². The van der Waals surface area contributed by atoms with Crippen molar-refractivity contribution < 1.29 is 9.47 Å². The fourth-order valence-corrected chi connectivity index (χ4v) is 2.61. The van der Waals surface area contributed by atoms with E-state index in [0.717, 1.165) is 33.9 Å². The molecule has 3 rings (SSSR count). The minimum Gasteiger partial charge on any atom is -0.465 e. The third-order valence-electron chi connectivity index (χ3n) is 4.17. The molecule has 0 spiro atoms. The molecule has 0 heterocycles. The predicted molar refractivity (Wildman–Crippen MR) is 116 cm³/mol. The Balaban J connectivity index is 1.89. The lowest BCUT2D eigenvalue weighted by Gasteiger charge is -2.11. The second kappa shape index (κ2) is 9.05. The van der Waals surface area contributed by atoms with Crippen LogP contribution >= 0.6 is 0 Å². The predicted octanol–water partition coefficient (Wildman–Crippen LogP) is 6.70. The number of ether oxygens (including phenoxy) is 2. The van der Waals surface area contributed by atoms with E-state index in [1.165, 1.54) is 5.56 Å². The van der Waals surface area contributed by atoms with Crippen molar-refractivity contribution in [2.24, 2.45) is 4.99 Å². The highest BCUT2D eigenvalue weighted by molar-refractivity contribution is 5.96. The van der Waals surface area contributed by atoms with Crippen molar-refractivity contribution in [2.75, 3.05) is 0 Å². The third kappa shape index (κ3) is 5.58. The van der Waals surface area contributed by atoms with E-state index in [-0.39, 0.29) is 0 Å². The first-order valence-corrected chi connectivity index (χ1v) is 9.30. The van der Waals surface area contributed by atoms with E-state index < -0.39 is 0 Å². The SMILES string of the molecule is C/C(=C\Oc1cccc(C)c1)C(=Nc1ccc(C)cc1)Oc1cccc(C)c1. The lowest BCUT2D eigenvalue weighted by atomic mass is 10.2. The van der Waals surface area contributed by atoms with Gasteiger partial charge in [0.05, 0.1) is 11.9 Å². The van der Waals surface area contributed by atoms with Gasteiger partial charge in [0.25, 0.3) is 0 Å². The van der Waals surface area contributed by atoms with Gasteiger partial charge in [0, 0.05) is 5.57 Å². The Morgan fingerprint density at radius 1 is 0.750 bits per heavy atom. The van der Waals surface area contributed by atoms with Crippen LogP contribution in [0.15, 0.2) is 89.6 Å². The zero-order valence-corrected chi connectivity index (χ0v) is 16.8. The van der Waals surface area contributed by atoms with Gasteiger partial charge in [-0.15, -0.1) is 0 Å². The number of aryl methyl sites for hydroxylation is 3. The molecule has 28 heavy (non-hydrogen) atoms. The van der Waals surface area contributed by atoms with Crippen LogP contribution in [0.3, 0.4) is 0 Å². The molecule has 0 aromatic heterocycles. The molecule has 0 fully saturated rings. The largest absolute Gasteiger partial charge is 0.465 e. The van der Waals surface area contributed by atoms with Gasteiger partial charge in [-0.3, -0.25) is 0 Å². The minimum atomic E-state index is 0.502. The molecule has 0 radical (unpaired) electrons. The summed E-state index contributed by atoms with van der Waals surface area (Å²) in [4.78, 5) is 4.70. The zero-order valence-electron chi connectivity index (χ0n) is 16.8. The average Bonchev–Trinajstić information content (AvgIpc) is 2.67. The number of hydrogen-bond acceptors (Lipinski definition) is 3. The number of benzene rings is 3. The van der Waals surface area contributed by atoms with Crippen molar-refractivity contribution in [3.63, 3.8) is 0 Å². The van der Waals surface area contributed by atoms with Gasteiger partial charge in [0.1, 0.15) is 11.5 Å². The summed E-state index contributed by atoms with van der Waals surface area (Å²) < 4.78 is 11.9. The normalized spacial score (nSPS) is 12.0. The fourth-order valence-electron chi connectivity index (χ4n) is 2.61. The quantitative estimate of drug-likeness (QED) is 0.284. The summed E-state index contributed by atoms with van der Waals surface area (Å²) >= 11 is 0. The Kier molecular flexibility index (Phi) is 6.28. The van der Waals surface area contributed by atoms with Gasteiger partial charge >= 0.3 is 0 Å². The number of nitrogens with zero attached hydrogens (tertiary/aromatic N) is 1. The maximum Gasteiger partial charge on any atom is 0.225 e. The first-order chi connectivity index (χ1) is 13.5. The standard InChI is InChI=1S/C25H25NO2/c1-18-11-13-22(14-12-18)26-25(28-24-10-6-8-20(3)16-24)21(4)17-27-23-9-5-7-19(2)15-23/h5-17H,1-4H3/b21-17+,26-25?. The molecule has 3 aromatic rings. The molecule has 0 unspecified atom stereocenters. The molecular formula is C25H25NO2. The highest BCUT2D eigenvalue weighted by atomic mass is 16.5. The first kappa shape index (κ1) is 19.4. The highest BCUT2D eigenvalue weighted by Gasteiger charge is 2.08. The lowest BCUT2D eigenvalue weighted by molar-refractivity contribution is 0.473. The van der Waals surface area contributed by atoms with E-state index in [4.69, 9.17) is 14.5 Å². The van der Waals surface area contributed by atoms with Crippen molar-refractivity contribution >= 4 is 11.6 Å². The van der Waals surface area contributed by atoms with E-state index in [1.54, 1.807) is 6.26 Å². The summed E-state index contributed by atoms with van der Waals surface area (Å²) in [5.74, 6) is 2.03. The van der Waals surface area contributed by atoms with Gasteiger partial charge in [-0.1, -0.05) is 42.0 Å².